The number of nitrogens with zero attached hydrogens (tertiary/aromatic N) is 2. The van der Waals surface area contributed by atoms with E-state index in [0.717, 1.165) is 18.2 Å². The van der Waals surface area contributed by atoms with Crippen LogP contribution >= 0.6 is 0 Å². The number of hydrogen-bond donors (Lipinski definition) is 0. The molecule has 0 saturated heterocycles. The van der Waals surface area contributed by atoms with E-state index in [-0.39, 0.29) is 5.69 Å². The zero-order chi connectivity index (χ0) is 12.4. The van der Waals surface area contributed by atoms with Gasteiger partial charge in [0.05, 0.1) is 0 Å². The van der Waals surface area contributed by atoms with Crippen molar-refractivity contribution in [3.8, 4) is 5.69 Å². The lowest BCUT2D eigenvalue weighted by Gasteiger charge is -2.06. The number of carbonyl (C=O) groups is 1. The third kappa shape index (κ3) is 1.96. The molecule has 2 aromatic rings. The summed E-state index contributed by atoms with van der Waals surface area (Å²) < 4.78 is 27.4. The van der Waals surface area contributed by atoms with Crippen molar-refractivity contribution < 1.29 is 13.6 Å². The number of carbonyl (C=O) groups excluding carboxylic acids is 1. The van der Waals surface area contributed by atoms with Crippen LogP contribution in [-0.4, -0.2) is 16.1 Å². The van der Waals surface area contributed by atoms with E-state index in [9.17, 15) is 18.4 Å². The predicted molar refractivity (Wildman–Crippen MR) is 55.1 cm³/mol. The van der Waals surface area contributed by atoms with Crippen LogP contribution in [0.5, 0.6) is 0 Å². The van der Waals surface area contributed by atoms with Crippen molar-refractivity contribution in [2.75, 3.05) is 0 Å². The van der Waals surface area contributed by atoms with E-state index >= 15 is 0 Å². The van der Waals surface area contributed by atoms with Gasteiger partial charge in [0.2, 0.25) is 0 Å². The van der Waals surface area contributed by atoms with E-state index in [1.54, 1.807) is 0 Å². The highest BCUT2D eigenvalue weighted by Gasteiger charge is 2.13. The molecule has 2 rings (SSSR count). The molecule has 17 heavy (non-hydrogen) atoms. The first-order chi connectivity index (χ1) is 8.13. The number of benzene rings is 1. The zero-order valence-electron chi connectivity index (χ0n) is 8.43. The first-order valence-corrected chi connectivity index (χ1v) is 4.63. The van der Waals surface area contributed by atoms with Crippen LogP contribution in [0.25, 0.3) is 5.69 Å². The van der Waals surface area contributed by atoms with Gasteiger partial charge < -0.3 is 0 Å². The number of halogens is 2. The van der Waals surface area contributed by atoms with Crippen LogP contribution in [0.4, 0.5) is 8.78 Å². The topological polar surface area (TPSA) is 52.0 Å². The van der Waals surface area contributed by atoms with Crippen molar-refractivity contribution in [1.29, 1.82) is 0 Å². The van der Waals surface area contributed by atoms with Crippen LogP contribution in [0, 0.1) is 11.6 Å². The molecule has 0 atom stereocenters. The molecular weight excluding hydrogens is 230 g/mol. The summed E-state index contributed by atoms with van der Waals surface area (Å²) in [5.41, 5.74) is -1.41. The minimum Gasteiger partial charge on any atom is -0.296 e. The molecule has 0 saturated carbocycles. The Morgan fingerprint density at radius 3 is 2.35 bits per heavy atom. The van der Waals surface area contributed by atoms with Gasteiger partial charge in [0.15, 0.2) is 17.9 Å². The number of hydrogen-bond acceptors (Lipinski definition) is 3. The predicted octanol–water partition coefficient (Wildman–Crippen LogP) is 1.32. The lowest BCUT2D eigenvalue weighted by atomic mass is 10.3. The SMILES string of the molecule is O=Cc1ccc(=O)n(-c2c(F)cccc2F)n1. The molecular formula is C11H6F2N2O2. The van der Waals surface area contributed by atoms with Gasteiger partial charge in [0.25, 0.3) is 5.56 Å². The standard InChI is InChI=1S/C11H6F2N2O2/c12-8-2-1-3-9(13)11(8)15-10(17)5-4-7(6-16)14-15/h1-6H. The lowest BCUT2D eigenvalue weighted by molar-refractivity contribution is 0.111. The second-order valence-electron chi connectivity index (χ2n) is 3.20. The van der Waals surface area contributed by atoms with Crippen LogP contribution in [0.2, 0.25) is 0 Å². The summed E-state index contributed by atoms with van der Waals surface area (Å²) in [5, 5.41) is 3.54. The molecule has 1 aromatic heterocycles. The van der Waals surface area contributed by atoms with Crippen molar-refractivity contribution >= 4 is 6.29 Å². The Morgan fingerprint density at radius 2 is 1.76 bits per heavy atom. The largest absolute Gasteiger partial charge is 0.296 e. The molecule has 86 valence electrons. The second kappa shape index (κ2) is 4.25. The molecule has 0 aliphatic heterocycles. The van der Waals surface area contributed by atoms with Crippen LogP contribution in [0.1, 0.15) is 10.5 Å². The van der Waals surface area contributed by atoms with E-state index in [1.807, 2.05) is 0 Å². The minimum atomic E-state index is -0.928. The van der Waals surface area contributed by atoms with Gasteiger partial charge in [-0.25, -0.2) is 8.78 Å². The van der Waals surface area contributed by atoms with Gasteiger partial charge in [-0.1, -0.05) is 6.07 Å². The maximum atomic E-state index is 13.4. The smallest absolute Gasteiger partial charge is 0.271 e. The summed E-state index contributed by atoms with van der Waals surface area (Å²) in [6.07, 6.45) is 0.384. The van der Waals surface area contributed by atoms with Crippen molar-refractivity contribution in [2.45, 2.75) is 0 Å². The Labute approximate surface area is 94.1 Å². The van der Waals surface area contributed by atoms with E-state index in [1.165, 1.54) is 12.1 Å². The zero-order valence-corrected chi connectivity index (χ0v) is 8.43. The number of para-hydroxylation sites is 1. The summed E-state index contributed by atoms with van der Waals surface area (Å²) in [6, 6.07) is 5.36. The van der Waals surface area contributed by atoms with Gasteiger partial charge in [0, 0.05) is 6.07 Å². The highest BCUT2D eigenvalue weighted by atomic mass is 19.1. The molecule has 0 unspecified atom stereocenters. The monoisotopic (exact) mass is 236 g/mol. The molecule has 1 aromatic carbocycles. The number of rotatable bonds is 2. The van der Waals surface area contributed by atoms with E-state index in [0.29, 0.717) is 11.0 Å². The summed E-state index contributed by atoms with van der Waals surface area (Å²) in [6.45, 7) is 0. The summed E-state index contributed by atoms with van der Waals surface area (Å²) in [4.78, 5) is 21.9. The average molecular weight is 236 g/mol. The van der Waals surface area contributed by atoms with E-state index < -0.39 is 22.9 Å². The average Bonchev–Trinajstić information content (AvgIpc) is 2.31. The maximum Gasteiger partial charge on any atom is 0.271 e. The summed E-state index contributed by atoms with van der Waals surface area (Å²) in [5.74, 6) is -1.86. The molecule has 4 nitrogen and oxygen atoms in total. The highest BCUT2D eigenvalue weighted by Crippen LogP contribution is 2.14. The van der Waals surface area contributed by atoms with Crippen LogP contribution < -0.4 is 5.56 Å². The van der Waals surface area contributed by atoms with Gasteiger partial charge >= 0.3 is 0 Å². The molecule has 0 fully saturated rings. The lowest BCUT2D eigenvalue weighted by Crippen LogP contribution is -2.23. The fraction of sp³-hybridized carbons (Fsp3) is 0. The highest BCUT2D eigenvalue weighted by molar-refractivity contribution is 5.71. The van der Waals surface area contributed by atoms with Crippen LogP contribution in [-0.2, 0) is 0 Å². The molecule has 0 aliphatic carbocycles. The minimum absolute atomic E-state index is 0.0905. The van der Waals surface area contributed by atoms with Crippen molar-refractivity contribution in [3.05, 3.63) is 58.0 Å². The first kappa shape index (κ1) is 11.1. The van der Waals surface area contributed by atoms with Crippen LogP contribution in [0.3, 0.4) is 0 Å². The van der Waals surface area contributed by atoms with Gasteiger partial charge in [0.1, 0.15) is 11.4 Å². The summed E-state index contributed by atoms with van der Waals surface area (Å²) >= 11 is 0. The van der Waals surface area contributed by atoms with Gasteiger partial charge in [-0.2, -0.15) is 9.78 Å². The van der Waals surface area contributed by atoms with Gasteiger partial charge in [-0.05, 0) is 18.2 Å². The molecule has 0 spiro atoms. The molecule has 1 heterocycles. The first-order valence-electron chi connectivity index (χ1n) is 4.63. The Hall–Kier alpha value is -2.37. The van der Waals surface area contributed by atoms with Crippen molar-refractivity contribution in [1.82, 2.24) is 9.78 Å². The van der Waals surface area contributed by atoms with Crippen molar-refractivity contribution in [3.63, 3.8) is 0 Å². The molecule has 0 aliphatic rings. The normalized spacial score (nSPS) is 10.2. The fourth-order valence-electron chi connectivity index (χ4n) is 1.34. The molecule has 6 heteroatoms. The second-order valence-corrected chi connectivity index (χ2v) is 3.20. The number of aromatic nitrogens is 2. The molecule has 0 amide bonds. The molecule has 0 N–H and O–H groups in total. The Morgan fingerprint density at radius 1 is 1.12 bits per heavy atom. The fourth-order valence-corrected chi connectivity index (χ4v) is 1.34. The van der Waals surface area contributed by atoms with Gasteiger partial charge in [-0.15, -0.1) is 0 Å². The number of aldehydes is 1. The summed E-state index contributed by atoms with van der Waals surface area (Å²) in [7, 11) is 0. The third-order valence-electron chi connectivity index (χ3n) is 2.09. The molecule has 0 bridgehead atoms. The Balaban J connectivity index is 2.76. The molecule has 0 radical (unpaired) electrons. The Bertz CT molecular complexity index is 617. The Kier molecular flexibility index (Phi) is 2.78. The van der Waals surface area contributed by atoms with Crippen molar-refractivity contribution in [2.24, 2.45) is 0 Å². The van der Waals surface area contributed by atoms with E-state index in [2.05, 4.69) is 5.10 Å². The quantitative estimate of drug-likeness (QED) is 0.739. The maximum absolute atomic E-state index is 13.4. The van der Waals surface area contributed by atoms with Gasteiger partial charge in [-0.3, -0.25) is 9.59 Å². The van der Waals surface area contributed by atoms with E-state index in [4.69, 9.17) is 0 Å². The third-order valence-corrected chi connectivity index (χ3v) is 2.09. The van der Waals surface area contributed by atoms with Crippen LogP contribution in [0.15, 0.2) is 35.1 Å².